The van der Waals surface area contributed by atoms with Gasteiger partial charge in [0.25, 0.3) is 0 Å². The molecule has 1 aromatic heterocycles. The number of piperidine rings is 1. The van der Waals surface area contributed by atoms with E-state index in [4.69, 9.17) is 21.1 Å². The zero-order valence-corrected chi connectivity index (χ0v) is 22.4. The number of halogens is 2. The van der Waals surface area contributed by atoms with Gasteiger partial charge in [-0.3, -0.25) is 9.69 Å². The summed E-state index contributed by atoms with van der Waals surface area (Å²) in [5, 5.41) is 6.58. The van der Waals surface area contributed by atoms with Crippen LogP contribution in [0.2, 0.25) is 5.02 Å². The fourth-order valence-corrected chi connectivity index (χ4v) is 5.83. The molecule has 2 aromatic carbocycles. The third kappa shape index (κ3) is 5.49. The molecular weight excluding hydrogens is 509 g/mol. The van der Waals surface area contributed by atoms with Crippen molar-refractivity contribution in [3.63, 3.8) is 0 Å². The normalized spacial score (nSPS) is 22.2. The molecule has 38 heavy (non-hydrogen) atoms. The second-order valence-electron chi connectivity index (χ2n) is 9.88. The monoisotopic (exact) mass is 541 g/mol. The first-order chi connectivity index (χ1) is 18.5. The summed E-state index contributed by atoms with van der Waals surface area (Å²) in [7, 11) is 3.32. The number of rotatable bonds is 7. The fraction of sp³-hybridized carbons (Fsp3) is 0.464. The molecule has 1 saturated carbocycles. The molecule has 1 atom stereocenters. The van der Waals surface area contributed by atoms with Gasteiger partial charge in [-0.1, -0.05) is 24.1 Å². The molecule has 2 heterocycles. The Labute approximate surface area is 226 Å². The highest BCUT2D eigenvalue weighted by Gasteiger charge is 2.35. The number of methoxy groups -OCH3 is 1. The molecule has 0 bridgehead atoms. The van der Waals surface area contributed by atoms with Crippen LogP contribution in [-0.2, 0) is 4.79 Å². The SMILES string of the molecule is CNC(=O)[C@H]1CCCCN1[C@H]1CC[C@@H](Oc2cc3c(Nc4cccc(Cl)c4F)ncnc3cc2OC)CC1. The Balaban J connectivity index is 1.33. The maximum Gasteiger partial charge on any atom is 0.237 e. The highest BCUT2D eigenvalue weighted by molar-refractivity contribution is 6.31. The maximum absolute atomic E-state index is 14.5. The number of benzene rings is 2. The number of aromatic nitrogens is 2. The van der Waals surface area contributed by atoms with Crippen molar-refractivity contribution in [3.8, 4) is 11.5 Å². The lowest BCUT2D eigenvalue weighted by Gasteiger charge is -2.43. The number of carbonyl (C=O) groups excluding carboxylic acids is 1. The standard InChI is InChI=1S/C28H33ClFN5O3/c1-31-28(36)23-8-3-4-13-35(23)17-9-11-18(12-10-17)38-25-14-19-22(15-24(25)37-2)32-16-33-27(19)34-21-7-5-6-20(29)26(21)30/h5-7,14-18,23H,3-4,8-13H2,1-2H3,(H,31,36)(H,32,33,34)/t17-,18+,23-/m1/s1. The van der Waals surface area contributed by atoms with Gasteiger partial charge in [-0.05, 0) is 63.3 Å². The van der Waals surface area contributed by atoms with Crippen molar-refractivity contribution in [2.75, 3.05) is 26.0 Å². The first-order valence-electron chi connectivity index (χ1n) is 13.2. The van der Waals surface area contributed by atoms with Gasteiger partial charge in [0.05, 0.1) is 35.5 Å². The van der Waals surface area contributed by atoms with Crippen molar-refractivity contribution in [1.82, 2.24) is 20.2 Å². The van der Waals surface area contributed by atoms with Crippen molar-refractivity contribution in [1.29, 1.82) is 0 Å². The molecule has 1 aliphatic carbocycles. The molecule has 2 N–H and O–H groups in total. The molecule has 3 aromatic rings. The van der Waals surface area contributed by atoms with Gasteiger partial charge in [0.2, 0.25) is 5.91 Å². The van der Waals surface area contributed by atoms with Gasteiger partial charge in [-0.25, -0.2) is 14.4 Å². The molecule has 0 spiro atoms. The maximum atomic E-state index is 14.5. The summed E-state index contributed by atoms with van der Waals surface area (Å²) in [6, 6.07) is 8.77. The number of fused-ring (bicyclic) bond motifs is 1. The second-order valence-corrected chi connectivity index (χ2v) is 10.3. The van der Waals surface area contributed by atoms with E-state index in [1.165, 1.54) is 12.4 Å². The van der Waals surface area contributed by atoms with Gasteiger partial charge in [-0.2, -0.15) is 0 Å². The van der Waals surface area contributed by atoms with Crippen LogP contribution in [0, 0.1) is 5.82 Å². The summed E-state index contributed by atoms with van der Waals surface area (Å²) < 4.78 is 26.6. The van der Waals surface area contributed by atoms with Gasteiger partial charge < -0.3 is 20.1 Å². The summed E-state index contributed by atoms with van der Waals surface area (Å²) in [5.41, 5.74) is 0.866. The van der Waals surface area contributed by atoms with Crippen molar-refractivity contribution >= 4 is 39.9 Å². The van der Waals surface area contributed by atoms with E-state index >= 15 is 0 Å². The predicted octanol–water partition coefficient (Wildman–Crippen LogP) is 5.47. The van der Waals surface area contributed by atoms with E-state index in [2.05, 4.69) is 25.5 Å². The largest absolute Gasteiger partial charge is 0.493 e. The second kappa shape index (κ2) is 11.7. The third-order valence-corrected chi connectivity index (χ3v) is 7.92. The topological polar surface area (TPSA) is 88.6 Å². The van der Waals surface area contributed by atoms with Gasteiger partial charge in [0.1, 0.15) is 12.1 Å². The van der Waals surface area contributed by atoms with Crippen LogP contribution in [0.5, 0.6) is 11.5 Å². The lowest BCUT2D eigenvalue weighted by molar-refractivity contribution is -0.128. The number of ether oxygens (including phenoxy) is 2. The Hall–Kier alpha value is -3.17. The minimum Gasteiger partial charge on any atom is -0.493 e. The quantitative estimate of drug-likeness (QED) is 0.410. The van der Waals surface area contributed by atoms with E-state index in [9.17, 15) is 9.18 Å². The number of nitrogens with one attached hydrogen (secondary N) is 2. The average Bonchev–Trinajstić information content (AvgIpc) is 2.95. The zero-order chi connectivity index (χ0) is 26.6. The number of carbonyl (C=O) groups is 1. The smallest absolute Gasteiger partial charge is 0.237 e. The van der Waals surface area contributed by atoms with E-state index in [0.29, 0.717) is 34.3 Å². The third-order valence-electron chi connectivity index (χ3n) is 7.63. The molecule has 1 saturated heterocycles. The van der Waals surface area contributed by atoms with Crippen LogP contribution < -0.4 is 20.1 Å². The molecule has 8 nitrogen and oxygen atoms in total. The number of hydrogen-bond acceptors (Lipinski definition) is 7. The van der Waals surface area contributed by atoms with Crippen LogP contribution in [0.15, 0.2) is 36.7 Å². The molecule has 0 unspecified atom stereocenters. The fourth-order valence-electron chi connectivity index (χ4n) is 5.66. The zero-order valence-electron chi connectivity index (χ0n) is 21.7. The number of anilines is 2. The minimum absolute atomic E-state index is 0.0206. The first kappa shape index (κ1) is 26.4. The molecule has 202 valence electrons. The van der Waals surface area contributed by atoms with Crippen molar-refractivity contribution in [3.05, 3.63) is 47.5 Å². The van der Waals surface area contributed by atoms with Crippen LogP contribution in [0.4, 0.5) is 15.9 Å². The van der Waals surface area contributed by atoms with Gasteiger partial charge >= 0.3 is 0 Å². The van der Waals surface area contributed by atoms with Gasteiger partial charge in [-0.15, -0.1) is 0 Å². The number of amides is 1. The first-order valence-corrected chi connectivity index (χ1v) is 13.5. The van der Waals surface area contributed by atoms with Crippen LogP contribution in [0.25, 0.3) is 10.9 Å². The van der Waals surface area contributed by atoms with Crippen LogP contribution in [0.3, 0.4) is 0 Å². The lowest BCUT2D eigenvalue weighted by atomic mass is 9.88. The Kier molecular flexibility index (Phi) is 8.14. The van der Waals surface area contributed by atoms with Gasteiger partial charge in [0.15, 0.2) is 17.3 Å². The van der Waals surface area contributed by atoms with Crippen LogP contribution >= 0.6 is 11.6 Å². The number of likely N-dealkylation sites (tertiary alicyclic amines) is 1. The highest BCUT2D eigenvalue weighted by atomic mass is 35.5. The van der Waals surface area contributed by atoms with E-state index < -0.39 is 5.82 Å². The molecule has 2 aliphatic rings. The molecule has 2 fully saturated rings. The van der Waals surface area contributed by atoms with E-state index in [1.54, 1.807) is 32.4 Å². The van der Waals surface area contributed by atoms with E-state index in [1.807, 2.05) is 6.07 Å². The summed E-state index contributed by atoms with van der Waals surface area (Å²) in [6.07, 6.45) is 8.29. The average molecular weight is 542 g/mol. The summed E-state index contributed by atoms with van der Waals surface area (Å²) in [5.74, 6) is 1.18. The Morgan fingerprint density at radius 1 is 1.11 bits per heavy atom. The van der Waals surface area contributed by atoms with Crippen molar-refractivity contribution < 1.29 is 18.7 Å². The molecule has 1 amide bonds. The molecule has 5 rings (SSSR count). The van der Waals surface area contributed by atoms with Crippen molar-refractivity contribution in [2.45, 2.75) is 63.1 Å². The number of hydrogen-bond donors (Lipinski definition) is 2. The van der Waals surface area contributed by atoms with E-state index in [-0.39, 0.29) is 28.8 Å². The number of nitrogens with zero attached hydrogens (tertiary/aromatic N) is 3. The molecule has 10 heteroatoms. The van der Waals surface area contributed by atoms with E-state index in [0.717, 1.165) is 51.5 Å². The molecule has 0 radical (unpaired) electrons. The summed E-state index contributed by atoms with van der Waals surface area (Å²) >= 11 is 5.96. The Morgan fingerprint density at radius 2 is 1.92 bits per heavy atom. The Bertz CT molecular complexity index is 1300. The van der Waals surface area contributed by atoms with Gasteiger partial charge in [0, 0.05) is 24.5 Å². The minimum atomic E-state index is -0.546. The lowest BCUT2D eigenvalue weighted by Crippen LogP contribution is -2.54. The molecular formula is C28H33ClFN5O3. The van der Waals surface area contributed by atoms with Crippen molar-refractivity contribution in [2.24, 2.45) is 0 Å². The number of likely N-dealkylation sites (N-methyl/N-ethyl adjacent to an activating group) is 1. The predicted molar refractivity (Wildman–Crippen MR) is 146 cm³/mol. The Morgan fingerprint density at radius 3 is 2.68 bits per heavy atom. The van der Waals surface area contributed by atoms with Crippen LogP contribution in [-0.4, -0.2) is 59.7 Å². The summed E-state index contributed by atoms with van der Waals surface area (Å²) in [6.45, 7) is 0.968. The molecule has 1 aliphatic heterocycles. The summed E-state index contributed by atoms with van der Waals surface area (Å²) in [4.78, 5) is 23.6. The highest BCUT2D eigenvalue weighted by Crippen LogP contribution is 2.38. The van der Waals surface area contributed by atoms with Crippen LogP contribution in [0.1, 0.15) is 44.9 Å².